The van der Waals surface area contributed by atoms with Crippen molar-refractivity contribution in [3.8, 4) is 5.75 Å². The molecule has 1 saturated heterocycles. The number of fused-ring (bicyclic) bond motifs is 1. The number of para-hydroxylation sites is 1. The van der Waals surface area contributed by atoms with Crippen molar-refractivity contribution in [2.75, 3.05) is 26.3 Å². The maximum Gasteiger partial charge on any atom is 0.122 e. The van der Waals surface area contributed by atoms with E-state index in [2.05, 4.69) is 17.4 Å². The molecule has 0 aromatic heterocycles. The van der Waals surface area contributed by atoms with Gasteiger partial charge in [-0.15, -0.1) is 0 Å². The van der Waals surface area contributed by atoms with Crippen molar-refractivity contribution in [1.29, 1.82) is 0 Å². The average molecular weight is 233 g/mol. The summed E-state index contributed by atoms with van der Waals surface area (Å²) in [6.45, 7) is 3.00. The maximum atomic E-state index is 9.64. The lowest BCUT2D eigenvalue weighted by Crippen LogP contribution is -2.30. The third-order valence-corrected chi connectivity index (χ3v) is 4.15. The van der Waals surface area contributed by atoms with E-state index in [1.54, 1.807) is 0 Å². The quantitative estimate of drug-likeness (QED) is 0.832. The normalized spacial score (nSPS) is 31.2. The molecule has 1 fully saturated rings. The van der Waals surface area contributed by atoms with Crippen LogP contribution < -0.4 is 10.1 Å². The molecule has 17 heavy (non-hydrogen) atoms. The Balaban J connectivity index is 1.79. The van der Waals surface area contributed by atoms with Crippen LogP contribution in [-0.4, -0.2) is 31.4 Å². The number of rotatable bonds is 3. The highest BCUT2D eigenvalue weighted by atomic mass is 16.5. The molecule has 0 spiro atoms. The van der Waals surface area contributed by atoms with E-state index in [0.29, 0.717) is 5.92 Å². The van der Waals surface area contributed by atoms with Crippen molar-refractivity contribution in [3.63, 3.8) is 0 Å². The molecular formula is C14H19NO2. The van der Waals surface area contributed by atoms with Gasteiger partial charge in [0.25, 0.3) is 0 Å². The van der Waals surface area contributed by atoms with E-state index in [4.69, 9.17) is 4.74 Å². The highest BCUT2D eigenvalue weighted by molar-refractivity contribution is 5.39. The minimum Gasteiger partial charge on any atom is -0.493 e. The van der Waals surface area contributed by atoms with Gasteiger partial charge in [-0.25, -0.2) is 0 Å². The molecule has 2 atom stereocenters. The van der Waals surface area contributed by atoms with E-state index >= 15 is 0 Å². The third-order valence-electron chi connectivity index (χ3n) is 4.15. The molecule has 0 saturated carbocycles. The molecule has 2 heterocycles. The molecule has 3 rings (SSSR count). The van der Waals surface area contributed by atoms with Gasteiger partial charge in [0.2, 0.25) is 0 Å². The predicted octanol–water partition coefficient (Wildman–Crippen LogP) is 1.52. The van der Waals surface area contributed by atoms with Gasteiger partial charge in [0.15, 0.2) is 0 Å². The Labute approximate surface area is 102 Å². The first kappa shape index (κ1) is 11.1. The molecule has 2 aliphatic heterocycles. The van der Waals surface area contributed by atoms with Gasteiger partial charge in [-0.3, -0.25) is 0 Å². The predicted molar refractivity (Wildman–Crippen MR) is 66.3 cm³/mol. The van der Waals surface area contributed by atoms with Gasteiger partial charge in [0.1, 0.15) is 5.75 Å². The second-order valence-corrected chi connectivity index (χ2v) is 5.33. The molecule has 1 aromatic carbocycles. The van der Waals surface area contributed by atoms with Crippen LogP contribution in [0.3, 0.4) is 0 Å². The number of aliphatic hydroxyl groups is 1. The molecule has 0 bridgehead atoms. The zero-order chi connectivity index (χ0) is 11.7. The molecule has 1 aromatic rings. The average Bonchev–Trinajstić information content (AvgIpc) is 2.99. The lowest BCUT2D eigenvalue weighted by atomic mass is 9.77. The molecular weight excluding hydrogens is 214 g/mol. The highest BCUT2D eigenvalue weighted by Crippen LogP contribution is 2.42. The summed E-state index contributed by atoms with van der Waals surface area (Å²) in [5, 5.41) is 13.0. The zero-order valence-corrected chi connectivity index (χ0v) is 9.98. The first-order valence-corrected chi connectivity index (χ1v) is 6.36. The van der Waals surface area contributed by atoms with Crippen LogP contribution in [-0.2, 0) is 0 Å². The standard InChI is InChI=1S/C14H19NO2/c16-10-14(5-6-15-9-14)7-11-8-17-13-4-2-1-3-12(11)13/h1-4,11,15-16H,5-10H2. The van der Waals surface area contributed by atoms with Crippen molar-refractivity contribution in [2.24, 2.45) is 5.41 Å². The van der Waals surface area contributed by atoms with E-state index in [1.807, 2.05) is 12.1 Å². The molecule has 92 valence electrons. The summed E-state index contributed by atoms with van der Waals surface area (Å²) in [5.74, 6) is 1.47. The lowest BCUT2D eigenvalue weighted by molar-refractivity contribution is 0.120. The number of nitrogens with one attached hydrogen (secondary N) is 1. The number of benzene rings is 1. The topological polar surface area (TPSA) is 41.5 Å². The van der Waals surface area contributed by atoms with Crippen LogP contribution >= 0.6 is 0 Å². The first-order chi connectivity index (χ1) is 8.33. The van der Waals surface area contributed by atoms with Crippen molar-refractivity contribution in [3.05, 3.63) is 29.8 Å². The van der Waals surface area contributed by atoms with Gasteiger partial charge < -0.3 is 15.2 Å². The van der Waals surface area contributed by atoms with Crippen LogP contribution in [0.15, 0.2) is 24.3 Å². The molecule has 3 nitrogen and oxygen atoms in total. The SMILES string of the molecule is OCC1(CC2COc3ccccc32)CCNC1. The second kappa shape index (κ2) is 4.31. The summed E-state index contributed by atoms with van der Waals surface area (Å²) in [5.41, 5.74) is 1.37. The van der Waals surface area contributed by atoms with Gasteiger partial charge >= 0.3 is 0 Å². The van der Waals surface area contributed by atoms with Crippen LogP contribution in [0.1, 0.15) is 24.3 Å². The van der Waals surface area contributed by atoms with Crippen LogP contribution in [0.4, 0.5) is 0 Å². The Morgan fingerprint density at radius 3 is 3.06 bits per heavy atom. The number of hydrogen-bond acceptors (Lipinski definition) is 3. The monoisotopic (exact) mass is 233 g/mol. The molecule has 0 aliphatic carbocycles. The summed E-state index contributed by atoms with van der Waals surface area (Å²) >= 11 is 0. The Hall–Kier alpha value is -1.06. The van der Waals surface area contributed by atoms with Crippen LogP contribution in [0.25, 0.3) is 0 Å². The smallest absolute Gasteiger partial charge is 0.122 e. The summed E-state index contributed by atoms with van der Waals surface area (Å²) < 4.78 is 5.71. The molecule has 0 amide bonds. The fraction of sp³-hybridized carbons (Fsp3) is 0.571. The number of hydrogen-bond donors (Lipinski definition) is 2. The van der Waals surface area contributed by atoms with E-state index in [0.717, 1.165) is 38.3 Å². The van der Waals surface area contributed by atoms with Gasteiger partial charge in [0.05, 0.1) is 6.61 Å². The molecule has 0 radical (unpaired) electrons. The Bertz CT molecular complexity index is 399. The van der Waals surface area contributed by atoms with E-state index in [-0.39, 0.29) is 12.0 Å². The van der Waals surface area contributed by atoms with Gasteiger partial charge in [0, 0.05) is 30.0 Å². The maximum absolute atomic E-state index is 9.64. The molecule has 2 unspecified atom stereocenters. The molecule has 3 heteroatoms. The van der Waals surface area contributed by atoms with E-state index in [1.165, 1.54) is 5.56 Å². The minimum atomic E-state index is 0.0610. The minimum absolute atomic E-state index is 0.0610. The zero-order valence-electron chi connectivity index (χ0n) is 9.98. The van der Waals surface area contributed by atoms with Gasteiger partial charge in [-0.2, -0.15) is 0 Å². The molecule has 2 N–H and O–H groups in total. The first-order valence-electron chi connectivity index (χ1n) is 6.36. The Morgan fingerprint density at radius 1 is 1.41 bits per heavy atom. The van der Waals surface area contributed by atoms with E-state index in [9.17, 15) is 5.11 Å². The third kappa shape index (κ3) is 1.94. The number of aliphatic hydroxyl groups excluding tert-OH is 1. The van der Waals surface area contributed by atoms with Crippen LogP contribution in [0, 0.1) is 5.41 Å². The summed E-state index contributed by atoms with van der Waals surface area (Å²) in [6, 6.07) is 8.27. The fourth-order valence-electron chi connectivity index (χ4n) is 3.09. The second-order valence-electron chi connectivity index (χ2n) is 5.33. The fourth-order valence-corrected chi connectivity index (χ4v) is 3.09. The van der Waals surface area contributed by atoms with Gasteiger partial charge in [-0.05, 0) is 25.5 Å². The lowest BCUT2D eigenvalue weighted by Gasteiger charge is -2.28. The Morgan fingerprint density at radius 2 is 2.29 bits per heavy atom. The largest absolute Gasteiger partial charge is 0.493 e. The highest BCUT2D eigenvalue weighted by Gasteiger charge is 2.38. The summed E-state index contributed by atoms with van der Waals surface area (Å²) in [4.78, 5) is 0. The van der Waals surface area contributed by atoms with Crippen LogP contribution in [0.2, 0.25) is 0 Å². The Kier molecular flexibility index (Phi) is 2.81. The van der Waals surface area contributed by atoms with Crippen molar-refractivity contribution >= 4 is 0 Å². The van der Waals surface area contributed by atoms with Crippen LogP contribution in [0.5, 0.6) is 5.75 Å². The summed E-state index contributed by atoms with van der Waals surface area (Å²) in [6.07, 6.45) is 2.09. The van der Waals surface area contributed by atoms with Crippen molar-refractivity contribution in [1.82, 2.24) is 5.32 Å². The van der Waals surface area contributed by atoms with Gasteiger partial charge in [-0.1, -0.05) is 18.2 Å². The number of ether oxygens (including phenoxy) is 1. The molecule has 2 aliphatic rings. The van der Waals surface area contributed by atoms with Crippen molar-refractivity contribution in [2.45, 2.75) is 18.8 Å². The van der Waals surface area contributed by atoms with E-state index < -0.39 is 0 Å². The van der Waals surface area contributed by atoms with Crippen molar-refractivity contribution < 1.29 is 9.84 Å². The summed E-state index contributed by atoms with van der Waals surface area (Å²) in [7, 11) is 0.